The fraction of sp³-hybridized carbons (Fsp3) is 0.600. The van der Waals surface area contributed by atoms with Crippen LogP contribution in [-0.2, 0) is 11.3 Å². The van der Waals surface area contributed by atoms with Crippen LogP contribution in [-0.4, -0.2) is 36.5 Å². The van der Waals surface area contributed by atoms with Gasteiger partial charge in [-0.05, 0) is 22.0 Å². The number of hydrogen-bond donors (Lipinski definition) is 0. The first kappa shape index (κ1) is 10.6. The second-order valence-electron chi connectivity index (χ2n) is 3.85. The summed E-state index contributed by atoms with van der Waals surface area (Å²) in [5, 5.41) is 0. The van der Waals surface area contributed by atoms with Crippen molar-refractivity contribution in [2.45, 2.75) is 17.5 Å². The van der Waals surface area contributed by atoms with Crippen LogP contribution in [0.4, 0.5) is 0 Å². The van der Waals surface area contributed by atoms with Crippen LogP contribution in [0.15, 0.2) is 14.7 Å². The monoisotopic (exact) mass is 305 g/mol. The Morgan fingerprint density at radius 3 is 3.07 bits per heavy atom. The number of thioether (sulfide) groups is 1. The third-order valence-electron chi connectivity index (χ3n) is 2.86. The van der Waals surface area contributed by atoms with Crippen molar-refractivity contribution in [2.75, 3.05) is 25.5 Å². The van der Waals surface area contributed by atoms with E-state index in [0.29, 0.717) is 6.04 Å². The first-order chi connectivity index (χ1) is 7.33. The zero-order valence-electron chi connectivity index (χ0n) is 8.24. The van der Waals surface area contributed by atoms with Crippen molar-refractivity contribution in [3.8, 4) is 0 Å². The third-order valence-corrected chi connectivity index (χ3v) is 5.67. The minimum atomic E-state index is 0.664. The summed E-state index contributed by atoms with van der Waals surface area (Å²) in [5.41, 5.74) is 0. The van der Waals surface area contributed by atoms with Gasteiger partial charge in [-0.25, -0.2) is 0 Å². The molecule has 1 saturated heterocycles. The van der Waals surface area contributed by atoms with Gasteiger partial charge in [0, 0.05) is 28.6 Å². The first-order valence-corrected chi connectivity index (χ1v) is 7.65. The largest absolute Gasteiger partial charge is 0.378 e. The molecule has 0 bridgehead atoms. The van der Waals surface area contributed by atoms with E-state index in [1.165, 1.54) is 25.9 Å². The second kappa shape index (κ2) is 4.37. The fourth-order valence-corrected chi connectivity index (χ4v) is 5.01. The van der Waals surface area contributed by atoms with Gasteiger partial charge in [-0.3, -0.25) is 4.90 Å². The standard InChI is InChI=1S/C10H12BrNOS2/c11-10-3-8-9(15-10)4-12(1-2-14-8)7-5-13-6-7/h3,7H,1-2,4-6H2. The van der Waals surface area contributed by atoms with Crippen LogP contribution < -0.4 is 0 Å². The average Bonchev–Trinajstić information content (AvgIpc) is 2.33. The van der Waals surface area contributed by atoms with Crippen LogP contribution in [0, 0.1) is 0 Å². The van der Waals surface area contributed by atoms with Gasteiger partial charge < -0.3 is 4.74 Å². The third kappa shape index (κ3) is 2.13. The van der Waals surface area contributed by atoms with Gasteiger partial charge >= 0.3 is 0 Å². The molecule has 0 aromatic carbocycles. The molecule has 15 heavy (non-hydrogen) atoms. The molecule has 0 unspecified atom stereocenters. The van der Waals surface area contributed by atoms with Crippen LogP contribution >= 0.6 is 39.0 Å². The topological polar surface area (TPSA) is 12.5 Å². The zero-order valence-corrected chi connectivity index (χ0v) is 11.5. The van der Waals surface area contributed by atoms with Gasteiger partial charge in [-0.15, -0.1) is 23.1 Å². The van der Waals surface area contributed by atoms with Crippen molar-refractivity contribution in [3.05, 3.63) is 14.7 Å². The molecule has 0 aliphatic carbocycles. The van der Waals surface area contributed by atoms with Crippen LogP contribution in [0.2, 0.25) is 0 Å². The SMILES string of the molecule is Brc1cc2c(s1)CN(C1COC1)CCS2. The van der Waals surface area contributed by atoms with Gasteiger partial charge in [0.05, 0.1) is 23.0 Å². The summed E-state index contributed by atoms with van der Waals surface area (Å²) < 4.78 is 6.52. The molecule has 0 radical (unpaired) electrons. The highest BCUT2D eigenvalue weighted by Crippen LogP contribution is 2.37. The lowest BCUT2D eigenvalue weighted by Crippen LogP contribution is -2.48. The lowest BCUT2D eigenvalue weighted by atomic mass is 10.2. The molecule has 3 heterocycles. The fourth-order valence-electron chi connectivity index (χ4n) is 1.90. The minimum Gasteiger partial charge on any atom is -0.378 e. The highest BCUT2D eigenvalue weighted by Gasteiger charge is 2.28. The van der Waals surface area contributed by atoms with Gasteiger partial charge in [0.2, 0.25) is 0 Å². The van der Waals surface area contributed by atoms with Gasteiger partial charge in [0.1, 0.15) is 0 Å². The second-order valence-corrected chi connectivity index (χ2v) is 7.50. The summed E-state index contributed by atoms with van der Waals surface area (Å²) in [7, 11) is 0. The van der Waals surface area contributed by atoms with Crippen molar-refractivity contribution in [2.24, 2.45) is 0 Å². The maximum Gasteiger partial charge on any atom is 0.0713 e. The number of ether oxygens (including phenoxy) is 1. The van der Waals surface area contributed by atoms with Crippen molar-refractivity contribution >= 4 is 39.0 Å². The van der Waals surface area contributed by atoms with E-state index in [-0.39, 0.29) is 0 Å². The Kier molecular flexibility index (Phi) is 3.09. The summed E-state index contributed by atoms with van der Waals surface area (Å²) >= 11 is 7.42. The maximum absolute atomic E-state index is 5.27. The Bertz CT molecular complexity index is 364. The normalized spacial score (nSPS) is 23.3. The van der Waals surface area contributed by atoms with Gasteiger partial charge in [-0.2, -0.15) is 0 Å². The highest BCUT2D eigenvalue weighted by molar-refractivity contribution is 9.11. The molecule has 2 aliphatic heterocycles. The quantitative estimate of drug-likeness (QED) is 0.792. The zero-order chi connectivity index (χ0) is 10.3. The molecule has 3 rings (SSSR count). The number of fused-ring (bicyclic) bond motifs is 1. The molecule has 1 aromatic rings. The van der Waals surface area contributed by atoms with Gasteiger partial charge in [0.15, 0.2) is 0 Å². The summed E-state index contributed by atoms with van der Waals surface area (Å²) in [5.74, 6) is 1.20. The molecule has 0 atom stereocenters. The van der Waals surface area contributed by atoms with Crippen molar-refractivity contribution in [1.82, 2.24) is 4.90 Å². The van der Waals surface area contributed by atoms with E-state index in [9.17, 15) is 0 Å². The Hall–Kier alpha value is 0.450. The van der Waals surface area contributed by atoms with E-state index in [2.05, 4.69) is 26.9 Å². The summed E-state index contributed by atoms with van der Waals surface area (Å²) in [4.78, 5) is 5.54. The molecule has 0 saturated carbocycles. The molecule has 82 valence electrons. The lowest BCUT2D eigenvalue weighted by Gasteiger charge is -2.36. The molecule has 2 aliphatic rings. The lowest BCUT2D eigenvalue weighted by molar-refractivity contribution is -0.0654. The number of thiophene rings is 1. The Morgan fingerprint density at radius 1 is 1.47 bits per heavy atom. The number of nitrogens with zero attached hydrogens (tertiary/aromatic N) is 1. The van der Waals surface area contributed by atoms with E-state index < -0.39 is 0 Å². The molecule has 0 amide bonds. The average molecular weight is 306 g/mol. The highest BCUT2D eigenvalue weighted by atomic mass is 79.9. The first-order valence-electron chi connectivity index (χ1n) is 5.06. The molecule has 2 nitrogen and oxygen atoms in total. The Balaban J connectivity index is 1.80. The summed E-state index contributed by atoms with van der Waals surface area (Å²) in [6.07, 6.45) is 0. The smallest absolute Gasteiger partial charge is 0.0713 e. The van der Waals surface area contributed by atoms with Gasteiger partial charge in [0.25, 0.3) is 0 Å². The Morgan fingerprint density at radius 2 is 2.33 bits per heavy atom. The number of halogens is 1. The predicted octanol–water partition coefficient (Wildman–Crippen LogP) is 2.82. The van der Waals surface area contributed by atoms with Crippen molar-refractivity contribution < 1.29 is 4.74 Å². The molecule has 5 heteroatoms. The van der Waals surface area contributed by atoms with Crippen LogP contribution in [0.25, 0.3) is 0 Å². The van der Waals surface area contributed by atoms with Crippen LogP contribution in [0.5, 0.6) is 0 Å². The van der Waals surface area contributed by atoms with E-state index in [1.807, 2.05) is 23.1 Å². The molecule has 0 N–H and O–H groups in total. The number of hydrogen-bond acceptors (Lipinski definition) is 4. The molecule has 0 spiro atoms. The van der Waals surface area contributed by atoms with E-state index in [4.69, 9.17) is 4.74 Å². The maximum atomic E-state index is 5.27. The number of rotatable bonds is 1. The van der Waals surface area contributed by atoms with E-state index in [1.54, 1.807) is 0 Å². The minimum absolute atomic E-state index is 0.664. The molecule has 1 aromatic heterocycles. The van der Waals surface area contributed by atoms with E-state index >= 15 is 0 Å². The summed E-state index contributed by atoms with van der Waals surface area (Å²) in [6.45, 7) is 4.14. The van der Waals surface area contributed by atoms with Crippen LogP contribution in [0.1, 0.15) is 4.88 Å². The molecule has 1 fully saturated rings. The van der Waals surface area contributed by atoms with Crippen LogP contribution in [0.3, 0.4) is 0 Å². The van der Waals surface area contributed by atoms with Gasteiger partial charge in [-0.1, -0.05) is 0 Å². The summed E-state index contributed by atoms with van der Waals surface area (Å²) in [6, 6.07) is 2.92. The van der Waals surface area contributed by atoms with Crippen molar-refractivity contribution in [3.63, 3.8) is 0 Å². The van der Waals surface area contributed by atoms with Crippen molar-refractivity contribution in [1.29, 1.82) is 0 Å². The predicted molar refractivity (Wildman–Crippen MR) is 67.8 cm³/mol. The molecular formula is C10H12BrNOS2. The Labute approximate surface area is 106 Å². The van der Waals surface area contributed by atoms with E-state index in [0.717, 1.165) is 19.8 Å². The molecular weight excluding hydrogens is 294 g/mol.